The van der Waals surface area contributed by atoms with Crippen LogP contribution in [0.1, 0.15) is 11.3 Å². The van der Waals surface area contributed by atoms with E-state index in [-0.39, 0.29) is 6.61 Å². The normalized spacial score (nSPS) is 12.3. The average Bonchev–Trinajstić information content (AvgIpc) is 2.55. The van der Waals surface area contributed by atoms with Crippen LogP contribution in [0.2, 0.25) is 0 Å². The van der Waals surface area contributed by atoms with Crippen molar-refractivity contribution in [2.45, 2.75) is 12.8 Å². The van der Waals surface area contributed by atoms with Crippen LogP contribution < -0.4 is 5.90 Å². The molecule has 0 aliphatic rings. The number of rotatable bonds is 2. The van der Waals surface area contributed by atoms with Crippen molar-refractivity contribution >= 4 is 10.9 Å². The molecule has 1 aromatic carbocycles. The number of alkyl halides is 3. The van der Waals surface area contributed by atoms with Gasteiger partial charge in [-0.3, -0.25) is 4.84 Å². The summed E-state index contributed by atoms with van der Waals surface area (Å²) in [6.45, 7) is 0.159. The van der Waals surface area contributed by atoms with Crippen molar-refractivity contribution in [3.05, 3.63) is 35.5 Å². The van der Waals surface area contributed by atoms with Crippen molar-refractivity contribution in [3.63, 3.8) is 0 Å². The lowest BCUT2D eigenvalue weighted by molar-refractivity contribution is -0.137. The van der Waals surface area contributed by atoms with E-state index >= 15 is 0 Å². The molecule has 17 heavy (non-hydrogen) atoms. The Bertz CT molecular complexity index is 545. The van der Waals surface area contributed by atoms with E-state index in [1.54, 1.807) is 17.7 Å². The number of hydrogen-bond donors (Lipinski definition) is 1. The summed E-state index contributed by atoms with van der Waals surface area (Å²) in [6, 6.07) is 5.38. The summed E-state index contributed by atoms with van der Waals surface area (Å²) < 4.78 is 39.3. The van der Waals surface area contributed by atoms with Gasteiger partial charge >= 0.3 is 6.18 Å². The standard InChI is InChI=1S/C11H11F3N2O/c1-16-9(6-17-15)4-7-2-3-8(5-10(7)16)11(12,13)14/h2-5H,6,15H2,1H3. The molecule has 2 aromatic rings. The summed E-state index contributed by atoms with van der Waals surface area (Å²) in [5.41, 5.74) is 0.570. The van der Waals surface area contributed by atoms with Gasteiger partial charge in [-0.2, -0.15) is 13.2 Å². The van der Waals surface area contributed by atoms with Crippen molar-refractivity contribution in [1.29, 1.82) is 0 Å². The molecule has 1 aromatic heterocycles. The molecule has 0 atom stereocenters. The Hall–Kier alpha value is -1.53. The van der Waals surface area contributed by atoms with E-state index in [1.165, 1.54) is 6.07 Å². The molecule has 2 N–H and O–H groups in total. The fourth-order valence-corrected chi connectivity index (χ4v) is 1.79. The van der Waals surface area contributed by atoms with Crippen LogP contribution in [0.15, 0.2) is 24.3 Å². The van der Waals surface area contributed by atoms with E-state index in [0.29, 0.717) is 5.52 Å². The maximum absolute atomic E-state index is 12.5. The van der Waals surface area contributed by atoms with Gasteiger partial charge in [-0.1, -0.05) is 6.07 Å². The fraction of sp³-hybridized carbons (Fsp3) is 0.273. The summed E-state index contributed by atoms with van der Waals surface area (Å²) in [5, 5.41) is 0.729. The number of benzene rings is 1. The lowest BCUT2D eigenvalue weighted by atomic mass is 10.1. The van der Waals surface area contributed by atoms with Gasteiger partial charge in [-0.05, 0) is 23.6 Å². The molecule has 0 unspecified atom stereocenters. The van der Waals surface area contributed by atoms with Gasteiger partial charge in [0, 0.05) is 18.3 Å². The highest BCUT2D eigenvalue weighted by molar-refractivity contribution is 5.82. The molecule has 0 radical (unpaired) electrons. The van der Waals surface area contributed by atoms with E-state index in [1.807, 2.05) is 0 Å². The second-order valence-corrected chi connectivity index (χ2v) is 3.78. The van der Waals surface area contributed by atoms with Crippen LogP contribution in [0.4, 0.5) is 13.2 Å². The molecule has 0 saturated carbocycles. The topological polar surface area (TPSA) is 40.2 Å². The minimum Gasteiger partial charge on any atom is -0.345 e. The Kier molecular flexibility index (Phi) is 2.84. The average molecular weight is 244 g/mol. The maximum Gasteiger partial charge on any atom is 0.416 e. The number of nitrogens with two attached hydrogens (primary N) is 1. The summed E-state index contributed by atoms with van der Waals surface area (Å²) >= 11 is 0. The van der Waals surface area contributed by atoms with Crippen LogP contribution in [0, 0.1) is 0 Å². The zero-order valence-electron chi connectivity index (χ0n) is 9.08. The maximum atomic E-state index is 12.5. The van der Waals surface area contributed by atoms with E-state index in [9.17, 15) is 13.2 Å². The van der Waals surface area contributed by atoms with Crippen LogP contribution >= 0.6 is 0 Å². The first-order valence-electron chi connectivity index (χ1n) is 4.90. The molecule has 3 nitrogen and oxygen atoms in total. The minimum absolute atomic E-state index is 0.159. The summed E-state index contributed by atoms with van der Waals surface area (Å²) in [5.74, 6) is 4.96. The van der Waals surface area contributed by atoms with Crippen LogP contribution in [0.25, 0.3) is 10.9 Å². The van der Waals surface area contributed by atoms with Gasteiger partial charge in [0.15, 0.2) is 0 Å². The number of hydrogen-bond acceptors (Lipinski definition) is 2. The third-order valence-corrected chi connectivity index (χ3v) is 2.70. The molecule has 0 amide bonds. The Labute approximate surface area is 95.5 Å². The molecular formula is C11H11F3N2O. The third kappa shape index (κ3) is 2.13. The lowest BCUT2D eigenvalue weighted by Crippen LogP contribution is -2.05. The van der Waals surface area contributed by atoms with Crippen LogP contribution in [-0.2, 0) is 24.7 Å². The highest BCUT2D eigenvalue weighted by Gasteiger charge is 2.30. The first-order chi connectivity index (χ1) is 7.93. The highest BCUT2D eigenvalue weighted by Crippen LogP contribution is 2.32. The van der Waals surface area contributed by atoms with Gasteiger partial charge in [0.25, 0.3) is 0 Å². The fourth-order valence-electron chi connectivity index (χ4n) is 1.79. The molecule has 0 fully saturated rings. The monoisotopic (exact) mass is 244 g/mol. The highest BCUT2D eigenvalue weighted by atomic mass is 19.4. The predicted molar refractivity (Wildman–Crippen MR) is 56.9 cm³/mol. The van der Waals surface area contributed by atoms with Crippen molar-refractivity contribution in [2.75, 3.05) is 0 Å². The Morgan fingerprint density at radius 3 is 2.59 bits per heavy atom. The number of nitrogens with zero attached hydrogens (tertiary/aromatic N) is 1. The summed E-state index contributed by atoms with van der Waals surface area (Å²) in [6.07, 6.45) is -4.33. The van der Waals surface area contributed by atoms with Gasteiger partial charge in [-0.15, -0.1) is 0 Å². The first-order valence-corrected chi connectivity index (χ1v) is 4.90. The van der Waals surface area contributed by atoms with Crippen LogP contribution in [0.5, 0.6) is 0 Å². The van der Waals surface area contributed by atoms with Gasteiger partial charge in [-0.25, -0.2) is 5.90 Å². The summed E-state index contributed by atoms with van der Waals surface area (Å²) in [7, 11) is 1.68. The molecule has 2 rings (SSSR count). The largest absolute Gasteiger partial charge is 0.416 e. The summed E-state index contributed by atoms with van der Waals surface area (Å²) in [4.78, 5) is 4.49. The Morgan fingerprint density at radius 2 is 2.00 bits per heavy atom. The van der Waals surface area contributed by atoms with Crippen LogP contribution in [0.3, 0.4) is 0 Å². The van der Waals surface area contributed by atoms with Crippen molar-refractivity contribution in [2.24, 2.45) is 12.9 Å². The molecule has 0 saturated heterocycles. The zero-order chi connectivity index (χ0) is 12.6. The van der Waals surface area contributed by atoms with Crippen molar-refractivity contribution in [3.8, 4) is 0 Å². The molecule has 0 spiro atoms. The van der Waals surface area contributed by atoms with Gasteiger partial charge < -0.3 is 4.57 Å². The second-order valence-electron chi connectivity index (χ2n) is 3.78. The predicted octanol–water partition coefficient (Wildman–Crippen LogP) is 2.59. The second kappa shape index (κ2) is 4.05. The van der Waals surface area contributed by atoms with E-state index < -0.39 is 11.7 Å². The Balaban J connectivity index is 2.57. The van der Waals surface area contributed by atoms with Crippen molar-refractivity contribution < 1.29 is 18.0 Å². The minimum atomic E-state index is -4.33. The molecule has 0 aliphatic carbocycles. The molecule has 0 bridgehead atoms. The van der Waals surface area contributed by atoms with E-state index in [2.05, 4.69) is 4.84 Å². The SMILES string of the molecule is Cn1c(CON)cc2ccc(C(F)(F)F)cc21. The number of aryl methyl sites for hydroxylation is 1. The molecule has 6 heteroatoms. The number of fused-ring (bicyclic) bond motifs is 1. The van der Waals surface area contributed by atoms with E-state index in [0.717, 1.165) is 23.2 Å². The van der Waals surface area contributed by atoms with Crippen LogP contribution in [-0.4, -0.2) is 4.57 Å². The first kappa shape index (κ1) is 11.9. The Morgan fingerprint density at radius 1 is 1.29 bits per heavy atom. The molecule has 0 aliphatic heterocycles. The number of aromatic nitrogens is 1. The van der Waals surface area contributed by atoms with Gasteiger partial charge in [0.05, 0.1) is 5.56 Å². The zero-order valence-corrected chi connectivity index (χ0v) is 9.08. The lowest BCUT2D eigenvalue weighted by Gasteiger charge is -2.07. The number of halogens is 3. The van der Waals surface area contributed by atoms with Gasteiger partial charge in [0.1, 0.15) is 6.61 Å². The van der Waals surface area contributed by atoms with E-state index in [4.69, 9.17) is 5.90 Å². The third-order valence-electron chi connectivity index (χ3n) is 2.70. The molecule has 92 valence electrons. The van der Waals surface area contributed by atoms with Gasteiger partial charge in [0.2, 0.25) is 0 Å². The smallest absolute Gasteiger partial charge is 0.345 e. The van der Waals surface area contributed by atoms with Crippen molar-refractivity contribution in [1.82, 2.24) is 4.57 Å². The molecular weight excluding hydrogens is 233 g/mol. The quantitative estimate of drug-likeness (QED) is 0.825. The molecule has 1 heterocycles.